The predicted octanol–water partition coefficient (Wildman–Crippen LogP) is 15.5. The molecule has 0 saturated carbocycles. The molecule has 1 atom stereocenters. The van der Waals surface area contributed by atoms with E-state index in [-0.39, 0.29) is 5.92 Å². The van der Waals surface area contributed by atoms with Gasteiger partial charge in [-0.1, -0.05) is 127 Å². The largest absolute Gasteiger partial charge is 0.456 e. The van der Waals surface area contributed by atoms with E-state index in [1.807, 2.05) is 6.07 Å². The lowest BCUT2D eigenvalue weighted by Crippen LogP contribution is -2.05. The number of furan rings is 1. The summed E-state index contributed by atoms with van der Waals surface area (Å²) in [5, 5.41) is 8.59. The monoisotopic (exact) mass is 805 g/mol. The maximum atomic E-state index is 6.46. The van der Waals surface area contributed by atoms with Crippen LogP contribution >= 0.6 is 0 Å². The van der Waals surface area contributed by atoms with Gasteiger partial charge in [0, 0.05) is 78.0 Å². The molecule has 0 amide bonds. The molecule has 1 aliphatic rings. The predicted molar refractivity (Wildman–Crippen MR) is 261 cm³/mol. The highest BCUT2D eigenvalue weighted by Crippen LogP contribution is 2.48. The molecule has 296 valence electrons. The molecule has 9 aromatic carbocycles. The van der Waals surface area contributed by atoms with Gasteiger partial charge in [0.05, 0.1) is 27.6 Å². The lowest BCUT2D eigenvalue weighted by atomic mass is 9.85. The third-order valence-corrected chi connectivity index (χ3v) is 13.9. The number of nitrogens with zero attached hydrogens (tertiary/aromatic N) is 3. The first kappa shape index (κ1) is 34.6. The normalized spacial score (nSPS) is 14.1. The van der Waals surface area contributed by atoms with Gasteiger partial charge in [-0.2, -0.15) is 0 Å². The summed E-state index contributed by atoms with van der Waals surface area (Å²) in [6, 6.07) is 75.8. The van der Waals surface area contributed by atoms with Crippen LogP contribution in [0.15, 0.2) is 211 Å². The molecular weight excluding hydrogens is 767 g/mol. The maximum absolute atomic E-state index is 6.46. The van der Waals surface area contributed by atoms with Gasteiger partial charge >= 0.3 is 0 Å². The Morgan fingerprint density at radius 1 is 0.365 bits per heavy atom. The summed E-state index contributed by atoms with van der Waals surface area (Å²) < 4.78 is 13.9. The highest BCUT2D eigenvalue weighted by atomic mass is 16.3. The van der Waals surface area contributed by atoms with Crippen molar-refractivity contribution in [3.8, 4) is 28.2 Å². The second kappa shape index (κ2) is 13.2. The Labute approximate surface area is 363 Å². The van der Waals surface area contributed by atoms with Crippen molar-refractivity contribution < 1.29 is 4.42 Å². The number of hydrogen-bond acceptors (Lipinski definition) is 1. The van der Waals surface area contributed by atoms with E-state index < -0.39 is 0 Å². The number of para-hydroxylation sites is 5. The van der Waals surface area contributed by atoms with Crippen LogP contribution in [0.5, 0.6) is 0 Å². The van der Waals surface area contributed by atoms with Gasteiger partial charge in [-0.05, 0) is 102 Å². The van der Waals surface area contributed by atoms with Gasteiger partial charge in [0.15, 0.2) is 0 Å². The second-order valence-corrected chi connectivity index (χ2v) is 17.2. The average Bonchev–Trinajstić information content (AvgIpc) is 4.04. The van der Waals surface area contributed by atoms with Crippen LogP contribution in [0.25, 0.3) is 105 Å². The van der Waals surface area contributed by atoms with Crippen LogP contribution < -0.4 is 0 Å². The SMILES string of the molecule is c1ccc(-n2c3ccccc3c3cc(-n4c5c(c6ccccc64)-c4ccccc4C(c4cccc(-n6c7ccccc7c7cc8c(cc76)oc6ccccc68)c4)CC5)ccc32)cc1. The first-order valence-corrected chi connectivity index (χ1v) is 22.0. The number of fused-ring (bicyclic) bond motifs is 14. The van der Waals surface area contributed by atoms with Crippen molar-refractivity contribution in [1.29, 1.82) is 0 Å². The topological polar surface area (TPSA) is 27.9 Å². The van der Waals surface area contributed by atoms with Crippen molar-refractivity contribution in [1.82, 2.24) is 13.7 Å². The van der Waals surface area contributed by atoms with Gasteiger partial charge in [0.1, 0.15) is 11.2 Å². The Morgan fingerprint density at radius 2 is 0.968 bits per heavy atom. The zero-order chi connectivity index (χ0) is 41.2. The molecule has 0 fully saturated rings. The zero-order valence-corrected chi connectivity index (χ0v) is 34.4. The molecule has 0 bridgehead atoms. The van der Waals surface area contributed by atoms with E-state index in [0.717, 1.165) is 46.0 Å². The molecule has 4 heteroatoms. The highest BCUT2D eigenvalue weighted by molar-refractivity contribution is 6.17. The van der Waals surface area contributed by atoms with Crippen LogP contribution in [-0.2, 0) is 6.42 Å². The number of aromatic nitrogens is 3. The minimum atomic E-state index is 0.197. The molecule has 4 nitrogen and oxygen atoms in total. The summed E-state index contributed by atoms with van der Waals surface area (Å²) in [6.07, 6.45) is 1.91. The number of hydrogen-bond donors (Lipinski definition) is 0. The molecule has 13 aromatic rings. The zero-order valence-electron chi connectivity index (χ0n) is 34.4. The fourth-order valence-corrected chi connectivity index (χ4v) is 11.2. The summed E-state index contributed by atoms with van der Waals surface area (Å²) in [5.41, 5.74) is 18.1. The summed E-state index contributed by atoms with van der Waals surface area (Å²) >= 11 is 0. The van der Waals surface area contributed by atoms with Gasteiger partial charge in [-0.15, -0.1) is 0 Å². The van der Waals surface area contributed by atoms with E-state index >= 15 is 0 Å². The van der Waals surface area contributed by atoms with Crippen molar-refractivity contribution in [3.63, 3.8) is 0 Å². The van der Waals surface area contributed by atoms with Crippen LogP contribution in [0.1, 0.15) is 29.2 Å². The van der Waals surface area contributed by atoms with E-state index in [2.05, 4.69) is 214 Å². The van der Waals surface area contributed by atoms with E-state index in [0.29, 0.717) is 0 Å². The fourth-order valence-electron chi connectivity index (χ4n) is 11.2. The Hall–Kier alpha value is -8.08. The molecule has 4 heterocycles. The van der Waals surface area contributed by atoms with Crippen LogP contribution in [0, 0.1) is 0 Å². The van der Waals surface area contributed by atoms with Crippen molar-refractivity contribution in [2.75, 3.05) is 0 Å². The van der Waals surface area contributed by atoms with Crippen LogP contribution in [0.3, 0.4) is 0 Å². The first-order chi connectivity index (χ1) is 31.3. The van der Waals surface area contributed by atoms with Gasteiger partial charge in [0.25, 0.3) is 0 Å². The molecule has 63 heavy (non-hydrogen) atoms. The molecule has 1 aliphatic carbocycles. The lowest BCUT2D eigenvalue weighted by molar-refractivity contribution is 0.669. The molecule has 4 aromatic heterocycles. The molecule has 0 spiro atoms. The molecule has 0 aliphatic heterocycles. The van der Waals surface area contributed by atoms with Crippen molar-refractivity contribution in [2.45, 2.75) is 18.8 Å². The molecule has 1 unspecified atom stereocenters. The highest BCUT2D eigenvalue weighted by Gasteiger charge is 2.29. The number of benzene rings is 9. The van der Waals surface area contributed by atoms with Crippen molar-refractivity contribution in [2.24, 2.45) is 0 Å². The van der Waals surface area contributed by atoms with Gasteiger partial charge in [0.2, 0.25) is 0 Å². The smallest absolute Gasteiger partial charge is 0.137 e. The van der Waals surface area contributed by atoms with Gasteiger partial charge in [-0.3, -0.25) is 0 Å². The molecule has 0 N–H and O–H groups in total. The quantitative estimate of drug-likeness (QED) is 0.174. The van der Waals surface area contributed by atoms with Gasteiger partial charge < -0.3 is 18.1 Å². The third kappa shape index (κ3) is 4.98. The standard InChI is InChI=1S/C59H39N3O/c1-2-16-38(17-3-1)60-51-25-10-6-20-43(51)48-34-40(29-31-54(48)60)61-53-27-12-8-24-47(53)59-46-23-5-4-19-42(46)41(30-32-55(59)61)37-15-14-18-39(33-37)62-52-26-11-7-21-44(52)49-35-50-45-22-9-13-28-57(45)63-58(50)36-56(49)62/h1-29,31,33-36,41H,30,32H2. The summed E-state index contributed by atoms with van der Waals surface area (Å²) in [7, 11) is 0. The Balaban J connectivity index is 0.933. The lowest BCUT2D eigenvalue weighted by Gasteiger charge is -2.20. The molecular formula is C59H39N3O. The average molecular weight is 806 g/mol. The maximum Gasteiger partial charge on any atom is 0.137 e. The number of rotatable bonds is 4. The van der Waals surface area contributed by atoms with E-state index in [9.17, 15) is 0 Å². The van der Waals surface area contributed by atoms with E-state index in [4.69, 9.17) is 4.42 Å². The first-order valence-electron chi connectivity index (χ1n) is 22.0. The Bertz CT molecular complexity index is 3990. The fraction of sp³-hybridized carbons (Fsp3) is 0.0508. The summed E-state index contributed by atoms with van der Waals surface area (Å²) in [5.74, 6) is 0.197. The second-order valence-electron chi connectivity index (χ2n) is 17.2. The minimum absolute atomic E-state index is 0.197. The molecule has 0 radical (unpaired) electrons. The van der Waals surface area contributed by atoms with Crippen LogP contribution in [0.2, 0.25) is 0 Å². The van der Waals surface area contributed by atoms with Crippen molar-refractivity contribution >= 4 is 76.5 Å². The Kier molecular flexibility index (Phi) is 7.26. The van der Waals surface area contributed by atoms with E-state index in [1.54, 1.807) is 0 Å². The van der Waals surface area contributed by atoms with Crippen LogP contribution in [0.4, 0.5) is 0 Å². The summed E-state index contributed by atoms with van der Waals surface area (Å²) in [4.78, 5) is 0. The summed E-state index contributed by atoms with van der Waals surface area (Å²) in [6.45, 7) is 0. The van der Waals surface area contributed by atoms with Crippen molar-refractivity contribution in [3.05, 3.63) is 223 Å². The van der Waals surface area contributed by atoms with E-state index in [1.165, 1.54) is 88.3 Å². The Morgan fingerprint density at radius 3 is 1.78 bits per heavy atom. The molecule has 14 rings (SSSR count). The van der Waals surface area contributed by atoms with Crippen LogP contribution in [-0.4, -0.2) is 13.7 Å². The van der Waals surface area contributed by atoms with Gasteiger partial charge in [-0.25, -0.2) is 0 Å². The third-order valence-electron chi connectivity index (χ3n) is 13.9. The minimum Gasteiger partial charge on any atom is -0.456 e. The molecule has 0 saturated heterocycles.